The van der Waals surface area contributed by atoms with Gasteiger partial charge < -0.3 is 18.9 Å². The Balaban J connectivity index is 4.44. The molecule has 308 valence electrons. The van der Waals surface area contributed by atoms with Crippen molar-refractivity contribution >= 4 is 19.8 Å². The highest BCUT2D eigenvalue weighted by Gasteiger charge is 2.27. The maximum absolute atomic E-state index is 12.7. The molecule has 0 bridgehead atoms. The molecular formula is C43H79NO8P+. The first-order valence-electron chi connectivity index (χ1n) is 20.9. The molecule has 0 rings (SSSR count). The number of rotatable bonds is 37. The van der Waals surface area contributed by atoms with Crippen molar-refractivity contribution in [3.05, 3.63) is 48.6 Å². The third-order valence-corrected chi connectivity index (χ3v) is 9.58. The fourth-order valence-corrected chi connectivity index (χ4v) is 6.06. The van der Waals surface area contributed by atoms with Crippen molar-refractivity contribution < 1.29 is 42.1 Å². The molecule has 0 aliphatic rings. The zero-order chi connectivity index (χ0) is 39.3. The number of esters is 2. The van der Waals surface area contributed by atoms with Gasteiger partial charge in [0, 0.05) is 12.8 Å². The summed E-state index contributed by atoms with van der Waals surface area (Å²) >= 11 is 0. The molecule has 0 radical (unpaired) electrons. The topological polar surface area (TPSA) is 108 Å². The van der Waals surface area contributed by atoms with E-state index in [2.05, 4.69) is 62.5 Å². The van der Waals surface area contributed by atoms with Crippen molar-refractivity contribution in [2.45, 2.75) is 168 Å². The van der Waals surface area contributed by atoms with Crippen LogP contribution in [0.2, 0.25) is 0 Å². The summed E-state index contributed by atoms with van der Waals surface area (Å²) in [5, 5.41) is 0. The van der Waals surface area contributed by atoms with Gasteiger partial charge in [-0.15, -0.1) is 0 Å². The highest BCUT2D eigenvalue weighted by atomic mass is 31.2. The lowest BCUT2D eigenvalue weighted by molar-refractivity contribution is -0.870. The van der Waals surface area contributed by atoms with E-state index in [-0.39, 0.29) is 32.0 Å². The van der Waals surface area contributed by atoms with E-state index < -0.39 is 26.5 Å². The smallest absolute Gasteiger partial charge is 0.462 e. The number of phosphoric acid groups is 1. The average molecular weight is 769 g/mol. The molecule has 53 heavy (non-hydrogen) atoms. The van der Waals surface area contributed by atoms with E-state index in [4.69, 9.17) is 18.5 Å². The SMILES string of the molecule is CC/C=C/C/C=C/C/C=C/CCCCCCCC(=O)O[C@H](COC(=O)CCCCCCC/C=C/CCCCCCC)COP(=O)(O)OCC[N+](C)(C)C. The summed E-state index contributed by atoms with van der Waals surface area (Å²) in [6.45, 7) is 4.25. The average Bonchev–Trinajstić information content (AvgIpc) is 3.10. The summed E-state index contributed by atoms with van der Waals surface area (Å²) in [4.78, 5) is 35.3. The van der Waals surface area contributed by atoms with Crippen LogP contribution in [0.3, 0.4) is 0 Å². The molecule has 1 N–H and O–H groups in total. The molecule has 0 aromatic rings. The third-order valence-electron chi connectivity index (χ3n) is 8.59. The summed E-state index contributed by atoms with van der Waals surface area (Å²) in [6, 6.07) is 0. The monoisotopic (exact) mass is 769 g/mol. The number of unbranched alkanes of at least 4 members (excludes halogenated alkanes) is 15. The molecule has 0 saturated carbocycles. The van der Waals surface area contributed by atoms with E-state index in [1.165, 1.54) is 38.5 Å². The highest BCUT2D eigenvalue weighted by Crippen LogP contribution is 2.43. The summed E-state index contributed by atoms with van der Waals surface area (Å²) < 4.78 is 34.2. The predicted molar refractivity (Wildman–Crippen MR) is 220 cm³/mol. The Hall–Kier alpha value is -2.03. The molecule has 0 amide bonds. The van der Waals surface area contributed by atoms with Crippen LogP contribution in [0.5, 0.6) is 0 Å². The molecule has 0 heterocycles. The van der Waals surface area contributed by atoms with Gasteiger partial charge in [0.1, 0.15) is 19.8 Å². The van der Waals surface area contributed by atoms with Crippen LogP contribution >= 0.6 is 7.82 Å². The predicted octanol–water partition coefficient (Wildman–Crippen LogP) is 11.5. The van der Waals surface area contributed by atoms with Crippen LogP contribution in [0.25, 0.3) is 0 Å². The van der Waals surface area contributed by atoms with Crippen LogP contribution < -0.4 is 0 Å². The summed E-state index contributed by atoms with van der Waals surface area (Å²) in [5.41, 5.74) is 0. The summed E-state index contributed by atoms with van der Waals surface area (Å²) in [7, 11) is 1.45. The Morgan fingerprint density at radius 2 is 1.08 bits per heavy atom. The van der Waals surface area contributed by atoms with E-state index in [0.29, 0.717) is 17.4 Å². The standard InChI is InChI=1S/C43H78NO8P/c1-6-8-10-12-14-16-18-20-22-24-26-28-30-32-34-36-43(46)52-41(40-51-53(47,48)50-38-37-44(3,4)5)39-49-42(45)35-33-31-29-27-25-23-21-19-17-15-13-11-9-7-2/h8,10,14,16,19-22,41H,6-7,9,11-13,15,17-18,23-40H2,1-5H3/p+1/b10-8+,16-14+,21-19+,22-20+/t41-/m1/s1. The lowest BCUT2D eigenvalue weighted by Gasteiger charge is -2.24. The first-order valence-corrected chi connectivity index (χ1v) is 22.4. The minimum atomic E-state index is -4.38. The van der Waals surface area contributed by atoms with E-state index >= 15 is 0 Å². The minimum Gasteiger partial charge on any atom is -0.462 e. The van der Waals surface area contributed by atoms with E-state index in [0.717, 1.165) is 89.9 Å². The number of carbonyl (C=O) groups is 2. The first kappa shape index (κ1) is 51.0. The van der Waals surface area contributed by atoms with Gasteiger partial charge in [0.2, 0.25) is 0 Å². The number of ether oxygens (including phenoxy) is 2. The number of phosphoric ester groups is 1. The molecule has 0 aromatic heterocycles. The molecule has 0 saturated heterocycles. The second-order valence-electron chi connectivity index (χ2n) is 15.0. The zero-order valence-electron chi connectivity index (χ0n) is 34.5. The van der Waals surface area contributed by atoms with Crippen LogP contribution in [0.1, 0.15) is 162 Å². The molecule has 0 aromatic carbocycles. The Bertz CT molecular complexity index is 1050. The zero-order valence-corrected chi connectivity index (χ0v) is 35.4. The summed E-state index contributed by atoms with van der Waals surface area (Å²) in [6.07, 6.45) is 40.1. The van der Waals surface area contributed by atoms with Crippen LogP contribution in [-0.4, -0.2) is 74.9 Å². The first-order chi connectivity index (χ1) is 25.5. The number of hydrogen-bond acceptors (Lipinski definition) is 7. The number of carbonyl (C=O) groups excluding carboxylic acids is 2. The van der Waals surface area contributed by atoms with Crippen molar-refractivity contribution in [2.24, 2.45) is 0 Å². The number of likely N-dealkylation sites (N-methyl/N-ethyl adjacent to an activating group) is 1. The van der Waals surface area contributed by atoms with E-state index in [9.17, 15) is 19.0 Å². The van der Waals surface area contributed by atoms with Crippen molar-refractivity contribution in [2.75, 3.05) is 47.5 Å². The van der Waals surface area contributed by atoms with Crippen LogP contribution in [0.15, 0.2) is 48.6 Å². The second-order valence-corrected chi connectivity index (χ2v) is 16.4. The Kier molecular flexibility index (Phi) is 34.3. The fraction of sp³-hybridized carbons (Fsp3) is 0.767. The number of allylic oxidation sites excluding steroid dienone is 8. The van der Waals surface area contributed by atoms with Gasteiger partial charge in [0.15, 0.2) is 6.10 Å². The highest BCUT2D eigenvalue weighted by molar-refractivity contribution is 7.47. The molecular weight excluding hydrogens is 689 g/mol. The fourth-order valence-electron chi connectivity index (χ4n) is 5.32. The minimum absolute atomic E-state index is 0.0252. The van der Waals surface area contributed by atoms with Crippen molar-refractivity contribution in [1.29, 1.82) is 0 Å². The molecule has 2 atom stereocenters. The maximum atomic E-state index is 12.7. The Labute approximate surface area is 324 Å². The molecule has 10 heteroatoms. The molecule has 1 unspecified atom stereocenters. The van der Waals surface area contributed by atoms with Crippen LogP contribution in [0.4, 0.5) is 0 Å². The normalized spacial score (nSPS) is 14.2. The van der Waals surface area contributed by atoms with Crippen molar-refractivity contribution in [1.82, 2.24) is 0 Å². The van der Waals surface area contributed by atoms with Gasteiger partial charge in [-0.3, -0.25) is 18.6 Å². The Morgan fingerprint density at radius 1 is 0.604 bits per heavy atom. The number of hydrogen-bond donors (Lipinski definition) is 1. The lowest BCUT2D eigenvalue weighted by Crippen LogP contribution is -2.37. The number of nitrogens with zero attached hydrogens (tertiary/aromatic N) is 1. The van der Waals surface area contributed by atoms with Gasteiger partial charge in [-0.05, 0) is 70.6 Å². The lowest BCUT2D eigenvalue weighted by atomic mass is 10.1. The third kappa shape index (κ3) is 39.5. The van der Waals surface area contributed by atoms with Gasteiger partial charge >= 0.3 is 19.8 Å². The largest absolute Gasteiger partial charge is 0.472 e. The van der Waals surface area contributed by atoms with Crippen molar-refractivity contribution in [3.63, 3.8) is 0 Å². The molecule has 0 fully saturated rings. The van der Waals surface area contributed by atoms with Crippen LogP contribution in [0, 0.1) is 0 Å². The van der Waals surface area contributed by atoms with Gasteiger partial charge in [0.05, 0.1) is 27.7 Å². The van der Waals surface area contributed by atoms with Gasteiger partial charge in [-0.1, -0.05) is 127 Å². The van der Waals surface area contributed by atoms with Gasteiger partial charge in [-0.25, -0.2) is 4.57 Å². The van der Waals surface area contributed by atoms with Gasteiger partial charge in [-0.2, -0.15) is 0 Å². The Morgan fingerprint density at radius 3 is 1.62 bits per heavy atom. The molecule has 9 nitrogen and oxygen atoms in total. The molecule has 0 spiro atoms. The maximum Gasteiger partial charge on any atom is 0.472 e. The molecule has 0 aliphatic heterocycles. The van der Waals surface area contributed by atoms with E-state index in [1.807, 2.05) is 21.1 Å². The quantitative estimate of drug-likeness (QED) is 0.0219. The number of quaternary nitrogens is 1. The second kappa shape index (κ2) is 35.7. The summed E-state index contributed by atoms with van der Waals surface area (Å²) in [5.74, 6) is -0.832. The van der Waals surface area contributed by atoms with Crippen molar-refractivity contribution in [3.8, 4) is 0 Å². The van der Waals surface area contributed by atoms with Gasteiger partial charge in [0.25, 0.3) is 0 Å². The van der Waals surface area contributed by atoms with E-state index in [1.54, 1.807) is 0 Å². The molecule has 0 aliphatic carbocycles. The van der Waals surface area contributed by atoms with Crippen LogP contribution in [-0.2, 0) is 32.7 Å².